The summed E-state index contributed by atoms with van der Waals surface area (Å²) in [4.78, 5) is 4.35. The van der Waals surface area contributed by atoms with E-state index in [1.54, 1.807) is 24.2 Å². The number of furan rings is 1. The molecule has 24 heavy (non-hydrogen) atoms. The Morgan fingerprint density at radius 3 is 3.04 bits per heavy atom. The number of hydrogen-bond acceptors (Lipinski definition) is 6. The fourth-order valence-electron chi connectivity index (χ4n) is 2.33. The highest BCUT2D eigenvalue weighted by Crippen LogP contribution is 2.24. The Morgan fingerprint density at radius 2 is 2.25 bits per heavy atom. The summed E-state index contributed by atoms with van der Waals surface area (Å²) in [6, 6.07) is 7.89. The van der Waals surface area contributed by atoms with Crippen LogP contribution in [0.25, 0.3) is 11.5 Å². The van der Waals surface area contributed by atoms with Crippen molar-refractivity contribution in [3.63, 3.8) is 0 Å². The summed E-state index contributed by atoms with van der Waals surface area (Å²) < 4.78 is 5.66. The first-order valence-corrected chi connectivity index (χ1v) is 8.88. The van der Waals surface area contributed by atoms with Gasteiger partial charge in [-0.25, -0.2) is 4.98 Å². The minimum Gasteiger partial charge on any atom is -0.460 e. The van der Waals surface area contributed by atoms with Crippen LogP contribution in [0.15, 0.2) is 41.1 Å². The van der Waals surface area contributed by atoms with Crippen molar-refractivity contribution in [3.05, 3.63) is 53.5 Å². The quantitative estimate of drug-likeness (QED) is 0.544. The molecule has 0 aromatic carbocycles. The number of rotatable bonds is 8. The minimum atomic E-state index is 0.205. The second kappa shape index (κ2) is 8.03. The lowest BCUT2D eigenvalue weighted by atomic mass is 10.2. The number of anilines is 1. The van der Waals surface area contributed by atoms with Crippen LogP contribution in [0.4, 0.5) is 5.82 Å². The molecule has 3 heterocycles. The van der Waals surface area contributed by atoms with Gasteiger partial charge in [-0.3, -0.25) is 5.10 Å². The lowest BCUT2D eigenvalue weighted by Gasteiger charge is -2.07. The predicted molar refractivity (Wildman–Crippen MR) is 95.8 cm³/mol. The fourth-order valence-corrected chi connectivity index (χ4v) is 3.02. The molecular formula is C17H20N4O2S. The molecule has 0 unspecified atom stereocenters. The monoisotopic (exact) mass is 344 g/mol. The van der Waals surface area contributed by atoms with Gasteiger partial charge >= 0.3 is 0 Å². The lowest BCUT2D eigenvalue weighted by Crippen LogP contribution is -2.02. The lowest BCUT2D eigenvalue weighted by molar-refractivity contribution is 0.322. The van der Waals surface area contributed by atoms with Crippen molar-refractivity contribution in [2.45, 2.75) is 19.2 Å². The molecule has 0 radical (unpaired) electrons. The number of nitrogens with zero attached hydrogens (tertiary/aromatic N) is 2. The third-order valence-electron chi connectivity index (χ3n) is 3.49. The van der Waals surface area contributed by atoms with E-state index in [0.717, 1.165) is 40.1 Å². The van der Waals surface area contributed by atoms with Crippen molar-refractivity contribution >= 4 is 17.6 Å². The molecule has 3 aromatic rings. The van der Waals surface area contributed by atoms with Crippen molar-refractivity contribution in [3.8, 4) is 11.5 Å². The van der Waals surface area contributed by atoms with E-state index in [1.165, 1.54) is 5.56 Å². The molecular weight excluding hydrogens is 324 g/mol. The molecule has 0 spiro atoms. The number of thioether (sulfide) groups is 1. The van der Waals surface area contributed by atoms with E-state index >= 15 is 0 Å². The van der Waals surface area contributed by atoms with Crippen LogP contribution in [0.2, 0.25) is 0 Å². The first-order chi connectivity index (χ1) is 11.8. The Hall–Kier alpha value is -2.25. The Bertz CT molecular complexity index is 784. The summed E-state index contributed by atoms with van der Waals surface area (Å²) in [6.45, 7) is 2.73. The van der Waals surface area contributed by atoms with Crippen LogP contribution in [0, 0.1) is 6.92 Å². The summed E-state index contributed by atoms with van der Waals surface area (Å²) in [5.41, 5.74) is 3.08. The number of aromatic amines is 1. The Morgan fingerprint density at radius 1 is 1.33 bits per heavy atom. The van der Waals surface area contributed by atoms with Crippen LogP contribution in [0.5, 0.6) is 0 Å². The number of aliphatic hydroxyl groups is 1. The summed E-state index contributed by atoms with van der Waals surface area (Å²) in [5, 5.41) is 19.3. The summed E-state index contributed by atoms with van der Waals surface area (Å²) in [5.74, 6) is 4.07. The average Bonchev–Trinajstić information content (AvgIpc) is 3.22. The largest absolute Gasteiger partial charge is 0.460 e. The maximum Gasteiger partial charge on any atom is 0.152 e. The standard InChI is InChI=1S/C17H20N4O2S/c1-12-2-3-15(23-12)17-14(10-20-21-17)9-19-16-8-13(4-5-18-16)11-24-7-6-22/h2-5,8,10,22H,6-7,9,11H2,1H3,(H,18,19)(H,20,21). The highest BCUT2D eigenvalue weighted by atomic mass is 32.2. The molecule has 0 fully saturated rings. The van der Waals surface area contributed by atoms with Gasteiger partial charge in [0.1, 0.15) is 17.3 Å². The van der Waals surface area contributed by atoms with Gasteiger partial charge in [0, 0.05) is 29.8 Å². The molecule has 0 aliphatic rings. The summed E-state index contributed by atoms with van der Waals surface area (Å²) in [6.07, 6.45) is 3.59. The number of aliphatic hydroxyl groups excluding tert-OH is 1. The molecule has 0 saturated heterocycles. The van der Waals surface area contributed by atoms with Gasteiger partial charge in [0.25, 0.3) is 0 Å². The molecule has 0 aliphatic heterocycles. The first-order valence-electron chi connectivity index (χ1n) is 7.72. The SMILES string of the molecule is Cc1ccc(-c2[nH]ncc2CNc2cc(CSCCO)ccn2)o1. The predicted octanol–water partition coefficient (Wildman–Crippen LogP) is 3.21. The number of hydrogen-bond donors (Lipinski definition) is 3. The second-order valence-electron chi connectivity index (χ2n) is 5.36. The molecule has 0 amide bonds. The normalized spacial score (nSPS) is 10.9. The highest BCUT2D eigenvalue weighted by molar-refractivity contribution is 7.98. The van der Waals surface area contributed by atoms with E-state index in [4.69, 9.17) is 9.52 Å². The van der Waals surface area contributed by atoms with Crippen molar-refractivity contribution in [2.75, 3.05) is 17.7 Å². The smallest absolute Gasteiger partial charge is 0.152 e. The first kappa shape index (κ1) is 16.6. The van der Waals surface area contributed by atoms with Crippen LogP contribution < -0.4 is 5.32 Å². The summed E-state index contributed by atoms with van der Waals surface area (Å²) >= 11 is 1.70. The van der Waals surface area contributed by atoms with E-state index in [2.05, 4.69) is 20.5 Å². The molecule has 126 valence electrons. The number of nitrogens with one attached hydrogen (secondary N) is 2. The average molecular weight is 344 g/mol. The third-order valence-corrected chi connectivity index (χ3v) is 4.50. The van der Waals surface area contributed by atoms with Gasteiger partial charge in [-0.2, -0.15) is 16.9 Å². The number of aryl methyl sites for hydroxylation is 1. The van der Waals surface area contributed by atoms with Crippen LogP contribution >= 0.6 is 11.8 Å². The highest BCUT2D eigenvalue weighted by Gasteiger charge is 2.11. The molecule has 3 aromatic heterocycles. The van der Waals surface area contributed by atoms with Crippen molar-refractivity contribution < 1.29 is 9.52 Å². The molecule has 0 atom stereocenters. The molecule has 6 nitrogen and oxygen atoms in total. The van der Waals surface area contributed by atoms with Crippen LogP contribution in [0.1, 0.15) is 16.9 Å². The zero-order valence-electron chi connectivity index (χ0n) is 13.5. The van der Waals surface area contributed by atoms with E-state index in [-0.39, 0.29) is 6.61 Å². The van der Waals surface area contributed by atoms with Crippen LogP contribution in [-0.4, -0.2) is 32.6 Å². The Labute approximate surface area is 144 Å². The van der Waals surface area contributed by atoms with Gasteiger partial charge in [0.05, 0.1) is 12.8 Å². The molecule has 0 aliphatic carbocycles. The minimum absolute atomic E-state index is 0.205. The van der Waals surface area contributed by atoms with Crippen molar-refractivity contribution in [1.29, 1.82) is 0 Å². The van der Waals surface area contributed by atoms with Crippen LogP contribution in [0.3, 0.4) is 0 Å². The molecule has 0 bridgehead atoms. The summed E-state index contributed by atoms with van der Waals surface area (Å²) in [7, 11) is 0. The zero-order chi connectivity index (χ0) is 16.8. The second-order valence-corrected chi connectivity index (χ2v) is 6.46. The maximum atomic E-state index is 8.85. The molecule has 0 saturated carbocycles. The van der Waals surface area contributed by atoms with Gasteiger partial charge in [-0.05, 0) is 36.8 Å². The zero-order valence-corrected chi connectivity index (χ0v) is 14.3. The number of pyridine rings is 1. The molecule has 7 heteroatoms. The van der Waals surface area contributed by atoms with Gasteiger partial charge in [0.2, 0.25) is 0 Å². The third kappa shape index (κ3) is 4.18. The Balaban J connectivity index is 1.64. The van der Waals surface area contributed by atoms with Crippen LogP contribution in [-0.2, 0) is 12.3 Å². The topological polar surface area (TPSA) is 87.0 Å². The van der Waals surface area contributed by atoms with E-state index in [1.807, 2.05) is 31.2 Å². The fraction of sp³-hybridized carbons (Fsp3) is 0.294. The van der Waals surface area contributed by atoms with Crippen molar-refractivity contribution in [2.24, 2.45) is 0 Å². The van der Waals surface area contributed by atoms with Gasteiger partial charge in [0.15, 0.2) is 5.76 Å². The molecule has 3 N–H and O–H groups in total. The molecule has 3 rings (SSSR count). The van der Waals surface area contributed by atoms with Gasteiger partial charge < -0.3 is 14.8 Å². The van der Waals surface area contributed by atoms with Crippen molar-refractivity contribution in [1.82, 2.24) is 15.2 Å². The van der Waals surface area contributed by atoms with E-state index in [0.29, 0.717) is 6.54 Å². The number of aromatic nitrogens is 3. The van der Waals surface area contributed by atoms with Gasteiger partial charge in [-0.15, -0.1) is 0 Å². The van der Waals surface area contributed by atoms with Gasteiger partial charge in [-0.1, -0.05) is 0 Å². The number of H-pyrrole nitrogens is 1. The van der Waals surface area contributed by atoms with E-state index < -0.39 is 0 Å². The van der Waals surface area contributed by atoms with E-state index in [9.17, 15) is 0 Å². The Kier molecular flexibility index (Phi) is 5.55. The maximum absolute atomic E-state index is 8.85.